The van der Waals surface area contributed by atoms with Gasteiger partial charge in [-0.05, 0) is 87.2 Å². The zero-order valence-electron chi connectivity index (χ0n) is 24.2. The van der Waals surface area contributed by atoms with Gasteiger partial charge in [0.05, 0.1) is 0 Å². The molecule has 43 heavy (non-hydrogen) atoms. The maximum Gasteiger partial charge on any atom is 0.227 e. The molecule has 0 atom stereocenters. The Kier molecular flexibility index (Phi) is 5.91. The van der Waals surface area contributed by atoms with E-state index in [0.29, 0.717) is 5.89 Å². The number of aromatic nitrogens is 1. The van der Waals surface area contributed by atoms with Crippen LogP contribution in [0.15, 0.2) is 150 Å². The highest BCUT2D eigenvalue weighted by molar-refractivity contribution is 7.04. The first kappa shape index (κ1) is 25.5. The van der Waals surface area contributed by atoms with Gasteiger partial charge in [0.1, 0.15) is 13.6 Å². The van der Waals surface area contributed by atoms with Crippen LogP contribution in [0, 0.1) is 0 Å². The number of benzene rings is 6. The highest BCUT2D eigenvalue weighted by Crippen LogP contribution is 2.41. The highest BCUT2D eigenvalue weighted by Gasteiger charge is 2.40. The molecule has 0 bridgehead atoms. The summed E-state index contributed by atoms with van der Waals surface area (Å²) in [6, 6.07) is 51.7. The Labute approximate surface area is 252 Å². The van der Waals surface area contributed by atoms with Crippen molar-refractivity contribution in [1.29, 1.82) is 0 Å². The average Bonchev–Trinajstić information content (AvgIpc) is 3.59. The molecule has 1 aliphatic heterocycles. The van der Waals surface area contributed by atoms with Crippen LogP contribution in [-0.4, -0.2) is 13.1 Å². The molecule has 8 rings (SSSR count). The van der Waals surface area contributed by atoms with Gasteiger partial charge in [0.25, 0.3) is 0 Å². The zero-order valence-corrected chi connectivity index (χ0v) is 25.2. The molecule has 0 saturated heterocycles. The second-order valence-corrected chi connectivity index (χ2v) is 16.0. The third-order valence-electron chi connectivity index (χ3n) is 8.69. The largest absolute Gasteiger partial charge is 0.436 e. The molecule has 0 amide bonds. The Balaban J connectivity index is 1.29. The Hall–Kier alpha value is -5.19. The van der Waals surface area contributed by atoms with E-state index in [0.717, 1.165) is 33.7 Å². The molecule has 0 spiro atoms. The van der Waals surface area contributed by atoms with Crippen molar-refractivity contribution in [3.63, 3.8) is 0 Å². The van der Waals surface area contributed by atoms with Gasteiger partial charge >= 0.3 is 0 Å². The summed E-state index contributed by atoms with van der Waals surface area (Å²) in [6.07, 6.45) is 0. The number of hydrogen-bond acceptors (Lipinski definition) is 3. The van der Waals surface area contributed by atoms with Crippen molar-refractivity contribution in [2.24, 2.45) is 0 Å². The maximum absolute atomic E-state index is 6.28. The van der Waals surface area contributed by atoms with Crippen molar-refractivity contribution >= 4 is 46.6 Å². The lowest BCUT2D eigenvalue weighted by molar-refractivity contribution is 0.620. The van der Waals surface area contributed by atoms with Crippen LogP contribution in [0.3, 0.4) is 0 Å². The number of rotatable bonds is 5. The van der Waals surface area contributed by atoms with Crippen LogP contribution in [0.25, 0.3) is 44.8 Å². The second-order valence-electron chi connectivity index (χ2n) is 11.7. The van der Waals surface area contributed by atoms with Gasteiger partial charge in [0.15, 0.2) is 5.58 Å². The quantitative estimate of drug-likeness (QED) is 0.193. The van der Waals surface area contributed by atoms with Crippen LogP contribution in [0.4, 0.5) is 17.1 Å². The SMILES string of the molecule is C[Si]1(C)c2cc(N(c3ccccc3)c3cccc(-c4ccccc4)c3)ccc2-c2c(-c3nc4ccccc4o3)cccc21. The van der Waals surface area contributed by atoms with Crippen LogP contribution >= 0.6 is 0 Å². The zero-order chi connectivity index (χ0) is 29.0. The molecule has 0 saturated carbocycles. The summed E-state index contributed by atoms with van der Waals surface area (Å²) in [5, 5.41) is 2.86. The van der Waals surface area contributed by atoms with E-state index < -0.39 is 8.07 Å². The molecule has 0 aliphatic carbocycles. The summed E-state index contributed by atoms with van der Waals surface area (Å²) in [4.78, 5) is 7.26. The fourth-order valence-corrected chi connectivity index (χ4v) is 9.65. The van der Waals surface area contributed by atoms with Gasteiger partial charge in [0, 0.05) is 22.6 Å². The minimum Gasteiger partial charge on any atom is -0.436 e. The van der Waals surface area contributed by atoms with Crippen molar-refractivity contribution in [2.45, 2.75) is 13.1 Å². The molecule has 206 valence electrons. The minimum absolute atomic E-state index is 0.684. The molecule has 0 fully saturated rings. The Morgan fingerprint density at radius 2 is 1.21 bits per heavy atom. The molecular weight excluding hydrogens is 541 g/mol. The summed E-state index contributed by atoms with van der Waals surface area (Å²) < 4.78 is 6.28. The van der Waals surface area contributed by atoms with E-state index in [1.54, 1.807) is 0 Å². The first-order valence-corrected chi connectivity index (χ1v) is 17.7. The summed E-state index contributed by atoms with van der Waals surface area (Å²) in [5.74, 6) is 0.684. The van der Waals surface area contributed by atoms with Crippen LogP contribution in [0.5, 0.6) is 0 Å². The third kappa shape index (κ3) is 4.22. The lowest BCUT2D eigenvalue weighted by Gasteiger charge is -2.28. The molecule has 6 aromatic carbocycles. The van der Waals surface area contributed by atoms with Crippen LogP contribution < -0.4 is 15.3 Å². The normalized spacial score (nSPS) is 13.1. The number of para-hydroxylation sites is 3. The third-order valence-corrected chi connectivity index (χ3v) is 12.2. The van der Waals surface area contributed by atoms with Crippen molar-refractivity contribution < 1.29 is 4.42 Å². The van der Waals surface area contributed by atoms with E-state index >= 15 is 0 Å². The summed E-state index contributed by atoms with van der Waals surface area (Å²) >= 11 is 0. The molecule has 1 aliphatic rings. The topological polar surface area (TPSA) is 29.3 Å². The number of nitrogens with zero attached hydrogens (tertiary/aromatic N) is 2. The van der Waals surface area contributed by atoms with Gasteiger partial charge in [-0.15, -0.1) is 0 Å². The van der Waals surface area contributed by atoms with E-state index in [1.165, 1.54) is 32.6 Å². The highest BCUT2D eigenvalue weighted by atomic mass is 28.3. The number of fused-ring (bicyclic) bond motifs is 4. The first-order valence-electron chi connectivity index (χ1n) is 14.7. The summed E-state index contributed by atoms with van der Waals surface area (Å²) in [7, 11) is -2.02. The number of oxazole rings is 1. The fourth-order valence-electron chi connectivity index (χ4n) is 6.56. The van der Waals surface area contributed by atoms with Crippen LogP contribution in [0.1, 0.15) is 0 Å². The smallest absolute Gasteiger partial charge is 0.227 e. The summed E-state index contributed by atoms with van der Waals surface area (Å²) in [5.41, 5.74) is 11.2. The van der Waals surface area contributed by atoms with Gasteiger partial charge < -0.3 is 9.32 Å². The van der Waals surface area contributed by atoms with Crippen LogP contribution in [0.2, 0.25) is 13.1 Å². The van der Waals surface area contributed by atoms with Crippen molar-refractivity contribution in [2.75, 3.05) is 4.90 Å². The lowest BCUT2D eigenvalue weighted by Crippen LogP contribution is -2.49. The Morgan fingerprint density at radius 3 is 2.02 bits per heavy atom. The lowest BCUT2D eigenvalue weighted by atomic mass is 9.99. The van der Waals surface area contributed by atoms with Crippen molar-refractivity contribution in [1.82, 2.24) is 4.98 Å². The fraction of sp³-hybridized carbons (Fsp3) is 0.0513. The summed E-state index contributed by atoms with van der Waals surface area (Å²) in [6.45, 7) is 4.92. The van der Waals surface area contributed by atoms with Crippen molar-refractivity contribution in [3.8, 4) is 33.7 Å². The second kappa shape index (κ2) is 9.97. The molecule has 3 nitrogen and oxygen atoms in total. The molecule has 0 unspecified atom stereocenters. The van der Waals surface area contributed by atoms with Gasteiger partial charge in [-0.2, -0.15) is 0 Å². The molecule has 2 heterocycles. The minimum atomic E-state index is -2.02. The van der Waals surface area contributed by atoms with E-state index in [1.807, 2.05) is 24.3 Å². The first-order chi connectivity index (χ1) is 21.1. The van der Waals surface area contributed by atoms with Crippen molar-refractivity contribution in [3.05, 3.63) is 146 Å². The maximum atomic E-state index is 6.28. The number of hydrogen-bond donors (Lipinski definition) is 0. The van der Waals surface area contributed by atoms with Gasteiger partial charge in [-0.25, -0.2) is 4.98 Å². The molecule has 0 N–H and O–H groups in total. The van der Waals surface area contributed by atoms with Gasteiger partial charge in [-0.1, -0.05) is 104 Å². The average molecular weight is 571 g/mol. The van der Waals surface area contributed by atoms with Crippen LogP contribution in [-0.2, 0) is 0 Å². The number of anilines is 3. The predicted octanol–water partition coefficient (Wildman–Crippen LogP) is 9.43. The molecule has 4 heteroatoms. The molecule has 0 radical (unpaired) electrons. The Bertz CT molecular complexity index is 2080. The van der Waals surface area contributed by atoms with Gasteiger partial charge in [-0.3, -0.25) is 0 Å². The van der Waals surface area contributed by atoms with E-state index in [4.69, 9.17) is 9.40 Å². The standard InChI is InChI=1S/C39H30N2OSi/c1-43(2)36-22-12-19-33(39-40-34-20-9-10-21-35(34)42-39)38(36)32-24-23-31(26-37(32)43)41(29-16-7-4-8-17-29)30-18-11-15-28(25-30)27-13-5-3-6-14-27/h3-26H,1-2H3. The van der Waals surface area contributed by atoms with E-state index in [9.17, 15) is 0 Å². The molecule has 7 aromatic rings. The Morgan fingerprint density at radius 1 is 0.535 bits per heavy atom. The monoisotopic (exact) mass is 570 g/mol. The van der Waals surface area contributed by atoms with Gasteiger partial charge in [0.2, 0.25) is 5.89 Å². The molecular formula is C39H30N2OSi. The van der Waals surface area contributed by atoms with E-state index in [-0.39, 0.29) is 0 Å². The predicted molar refractivity (Wildman–Crippen MR) is 182 cm³/mol. The molecule has 1 aromatic heterocycles. The van der Waals surface area contributed by atoms with E-state index in [2.05, 4.69) is 139 Å².